The molecule has 0 fully saturated rings. The van der Waals surface area contributed by atoms with Gasteiger partial charge in [0, 0.05) is 5.69 Å². The van der Waals surface area contributed by atoms with E-state index in [2.05, 4.69) is 10.3 Å². The van der Waals surface area contributed by atoms with E-state index in [-0.39, 0.29) is 0 Å². The van der Waals surface area contributed by atoms with Crippen molar-refractivity contribution in [2.75, 3.05) is 5.73 Å². The van der Waals surface area contributed by atoms with Gasteiger partial charge in [-0.15, -0.1) is 5.10 Å². The van der Waals surface area contributed by atoms with Crippen LogP contribution in [0.1, 0.15) is 10.5 Å². The van der Waals surface area contributed by atoms with Gasteiger partial charge in [-0.2, -0.15) is 0 Å². The second-order valence-corrected chi connectivity index (χ2v) is 2.80. The van der Waals surface area contributed by atoms with E-state index in [9.17, 15) is 4.79 Å². The zero-order valence-electron chi connectivity index (χ0n) is 7.29. The second kappa shape index (κ2) is 3.29. The SMILES string of the molecule is Nc1cccc(-n2cc(C=O)nn2)c1. The molecule has 2 aromatic rings. The predicted molar refractivity (Wildman–Crippen MR) is 51.2 cm³/mol. The number of aromatic nitrogens is 3. The number of anilines is 1. The Balaban J connectivity index is 2.43. The highest BCUT2D eigenvalue weighted by Gasteiger charge is 2.00. The molecule has 1 aromatic carbocycles. The van der Waals surface area contributed by atoms with Crippen LogP contribution in [0.2, 0.25) is 0 Å². The third kappa shape index (κ3) is 1.47. The van der Waals surface area contributed by atoms with Gasteiger partial charge in [-0.05, 0) is 18.2 Å². The van der Waals surface area contributed by atoms with Crippen LogP contribution in [0, 0.1) is 0 Å². The second-order valence-electron chi connectivity index (χ2n) is 2.80. The van der Waals surface area contributed by atoms with Crippen LogP contribution in [-0.2, 0) is 0 Å². The Morgan fingerprint density at radius 3 is 2.93 bits per heavy atom. The van der Waals surface area contributed by atoms with Crippen LogP contribution in [0.15, 0.2) is 30.5 Å². The van der Waals surface area contributed by atoms with E-state index in [1.54, 1.807) is 18.3 Å². The zero-order valence-corrected chi connectivity index (χ0v) is 7.29. The predicted octanol–water partition coefficient (Wildman–Crippen LogP) is 0.662. The van der Waals surface area contributed by atoms with Crippen molar-refractivity contribution in [2.24, 2.45) is 0 Å². The van der Waals surface area contributed by atoms with Crippen molar-refractivity contribution in [1.29, 1.82) is 0 Å². The standard InChI is InChI=1S/C9H8N4O/c10-7-2-1-3-9(4-7)13-5-8(6-14)11-12-13/h1-6H,10H2. The molecule has 0 amide bonds. The van der Waals surface area contributed by atoms with Crippen LogP contribution < -0.4 is 5.73 Å². The lowest BCUT2D eigenvalue weighted by atomic mass is 10.3. The maximum Gasteiger partial charge on any atom is 0.171 e. The van der Waals surface area contributed by atoms with Crippen LogP contribution >= 0.6 is 0 Å². The van der Waals surface area contributed by atoms with E-state index in [0.717, 1.165) is 5.69 Å². The number of rotatable bonds is 2. The average molecular weight is 188 g/mol. The third-order valence-corrected chi connectivity index (χ3v) is 1.77. The normalized spacial score (nSPS) is 10.0. The van der Waals surface area contributed by atoms with Crippen molar-refractivity contribution in [2.45, 2.75) is 0 Å². The summed E-state index contributed by atoms with van der Waals surface area (Å²) < 4.78 is 1.50. The quantitative estimate of drug-likeness (QED) is 0.555. The first kappa shape index (κ1) is 8.43. The average Bonchev–Trinajstić information content (AvgIpc) is 2.66. The van der Waals surface area contributed by atoms with E-state index < -0.39 is 0 Å². The summed E-state index contributed by atoms with van der Waals surface area (Å²) in [5, 5.41) is 7.42. The lowest BCUT2D eigenvalue weighted by Crippen LogP contribution is -1.95. The Morgan fingerprint density at radius 1 is 1.43 bits per heavy atom. The van der Waals surface area contributed by atoms with Gasteiger partial charge in [0.1, 0.15) is 5.69 Å². The fourth-order valence-electron chi connectivity index (χ4n) is 1.12. The molecule has 2 rings (SSSR count). The highest BCUT2D eigenvalue weighted by atomic mass is 16.1. The molecule has 0 aliphatic carbocycles. The molecule has 14 heavy (non-hydrogen) atoms. The Morgan fingerprint density at radius 2 is 2.29 bits per heavy atom. The minimum atomic E-state index is 0.299. The number of nitrogens with two attached hydrogens (primary N) is 1. The number of carbonyl (C=O) groups excluding carboxylic acids is 1. The van der Waals surface area contributed by atoms with Gasteiger partial charge in [-0.25, -0.2) is 4.68 Å². The molecule has 0 bridgehead atoms. The largest absolute Gasteiger partial charge is 0.399 e. The monoisotopic (exact) mass is 188 g/mol. The molecule has 0 atom stereocenters. The molecule has 0 saturated carbocycles. The van der Waals surface area contributed by atoms with Gasteiger partial charge >= 0.3 is 0 Å². The first-order chi connectivity index (χ1) is 6.79. The van der Waals surface area contributed by atoms with Crippen molar-refractivity contribution < 1.29 is 4.79 Å². The van der Waals surface area contributed by atoms with E-state index in [1.807, 2.05) is 12.1 Å². The number of carbonyl (C=O) groups is 1. The van der Waals surface area contributed by atoms with Crippen molar-refractivity contribution in [3.05, 3.63) is 36.2 Å². The third-order valence-electron chi connectivity index (χ3n) is 1.77. The van der Waals surface area contributed by atoms with Gasteiger partial charge in [0.25, 0.3) is 0 Å². The zero-order chi connectivity index (χ0) is 9.97. The van der Waals surface area contributed by atoms with E-state index in [1.165, 1.54) is 4.68 Å². The number of nitrogen functional groups attached to an aromatic ring is 1. The lowest BCUT2D eigenvalue weighted by Gasteiger charge is -1.99. The van der Waals surface area contributed by atoms with Crippen LogP contribution in [0.5, 0.6) is 0 Å². The maximum atomic E-state index is 10.4. The molecule has 0 spiro atoms. The summed E-state index contributed by atoms with van der Waals surface area (Å²) in [6.07, 6.45) is 2.19. The van der Waals surface area contributed by atoms with Crippen molar-refractivity contribution >= 4 is 12.0 Å². The minimum Gasteiger partial charge on any atom is -0.399 e. The maximum absolute atomic E-state index is 10.4. The van der Waals surface area contributed by atoms with Crippen LogP contribution in [0.3, 0.4) is 0 Å². The minimum absolute atomic E-state index is 0.299. The van der Waals surface area contributed by atoms with Crippen LogP contribution in [0.4, 0.5) is 5.69 Å². The highest BCUT2D eigenvalue weighted by molar-refractivity contribution is 5.70. The number of hydrogen-bond donors (Lipinski definition) is 1. The fourth-order valence-corrected chi connectivity index (χ4v) is 1.12. The molecular formula is C9H8N4O. The molecule has 2 N–H and O–H groups in total. The topological polar surface area (TPSA) is 73.8 Å². The smallest absolute Gasteiger partial charge is 0.171 e. The molecule has 5 heteroatoms. The summed E-state index contributed by atoms with van der Waals surface area (Å²) in [5.41, 5.74) is 7.33. The summed E-state index contributed by atoms with van der Waals surface area (Å²) >= 11 is 0. The molecule has 70 valence electrons. The van der Waals surface area contributed by atoms with Gasteiger partial charge in [0.05, 0.1) is 11.9 Å². The summed E-state index contributed by atoms with van der Waals surface area (Å²) in [6.45, 7) is 0. The van der Waals surface area contributed by atoms with Crippen LogP contribution in [-0.4, -0.2) is 21.3 Å². The van der Waals surface area contributed by atoms with E-state index >= 15 is 0 Å². The van der Waals surface area contributed by atoms with Crippen molar-refractivity contribution in [3.63, 3.8) is 0 Å². The first-order valence-electron chi connectivity index (χ1n) is 4.03. The van der Waals surface area contributed by atoms with Gasteiger partial charge in [-0.1, -0.05) is 11.3 Å². The van der Waals surface area contributed by atoms with E-state index in [4.69, 9.17) is 5.73 Å². The molecule has 0 saturated heterocycles. The van der Waals surface area contributed by atoms with Crippen molar-refractivity contribution in [3.8, 4) is 5.69 Å². The Hall–Kier alpha value is -2.17. The summed E-state index contributed by atoms with van der Waals surface area (Å²) in [5.74, 6) is 0. The summed E-state index contributed by atoms with van der Waals surface area (Å²) in [4.78, 5) is 10.4. The molecular weight excluding hydrogens is 180 g/mol. The summed E-state index contributed by atoms with van der Waals surface area (Å²) in [6, 6.07) is 7.18. The number of nitrogens with zero attached hydrogens (tertiary/aromatic N) is 3. The Kier molecular flexibility index (Phi) is 1.98. The van der Waals surface area contributed by atoms with Gasteiger partial charge in [0.2, 0.25) is 0 Å². The van der Waals surface area contributed by atoms with Crippen LogP contribution in [0.25, 0.3) is 5.69 Å². The Labute approximate surface area is 80.2 Å². The summed E-state index contributed by atoms with van der Waals surface area (Å²) in [7, 11) is 0. The molecule has 1 heterocycles. The molecule has 1 aromatic heterocycles. The number of aldehydes is 1. The van der Waals surface area contributed by atoms with Gasteiger partial charge in [-0.3, -0.25) is 4.79 Å². The Bertz CT molecular complexity index is 463. The first-order valence-corrected chi connectivity index (χ1v) is 4.03. The molecule has 0 radical (unpaired) electrons. The molecule has 0 aliphatic rings. The number of benzene rings is 1. The highest BCUT2D eigenvalue weighted by Crippen LogP contribution is 2.10. The fraction of sp³-hybridized carbons (Fsp3) is 0. The molecule has 0 unspecified atom stereocenters. The molecule has 0 aliphatic heterocycles. The number of hydrogen-bond acceptors (Lipinski definition) is 4. The van der Waals surface area contributed by atoms with Gasteiger partial charge in [0.15, 0.2) is 6.29 Å². The molecule has 5 nitrogen and oxygen atoms in total. The van der Waals surface area contributed by atoms with Crippen molar-refractivity contribution in [1.82, 2.24) is 15.0 Å². The lowest BCUT2D eigenvalue weighted by molar-refractivity contribution is 0.111. The van der Waals surface area contributed by atoms with E-state index in [0.29, 0.717) is 17.7 Å². The van der Waals surface area contributed by atoms with Gasteiger partial charge < -0.3 is 5.73 Å².